The van der Waals surface area contributed by atoms with Crippen LogP contribution in [0.5, 0.6) is 0 Å². The van der Waals surface area contributed by atoms with Crippen molar-refractivity contribution < 1.29 is 24.3 Å². The summed E-state index contributed by atoms with van der Waals surface area (Å²) in [4.78, 5) is 25.7. The molecule has 0 aromatic carbocycles. The molecule has 8 heteroatoms. The van der Waals surface area contributed by atoms with Gasteiger partial charge in [0.25, 0.3) is 0 Å². The van der Waals surface area contributed by atoms with E-state index in [1.807, 2.05) is 0 Å². The minimum atomic E-state index is -1.12. The van der Waals surface area contributed by atoms with Gasteiger partial charge in [0.2, 0.25) is 5.89 Å². The lowest BCUT2D eigenvalue weighted by Gasteiger charge is -2.14. The van der Waals surface area contributed by atoms with E-state index in [1.165, 1.54) is 0 Å². The Morgan fingerprint density at radius 2 is 1.93 bits per heavy atom. The highest BCUT2D eigenvalue weighted by Crippen LogP contribution is 1.99. The number of aromatic nitrogens is 2. The van der Waals surface area contributed by atoms with Crippen LogP contribution in [-0.2, 0) is 16.1 Å². The van der Waals surface area contributed by atoms with Crippen LogP contribution in [0.15, 0.2) is 10.9 Å². The Balaban J connectivity index is 2.55. The van der Waals surface area contributed by atoms with Gasteiger partial charge in [-0.25, -0.2) is 0 Å². The molecule has 0 saturated carbocycles. The van der Waals surface area contributed by atoms with Crippen molar-refractivity contribution in [2.45, 2.75) is 6.54 Å². The molecule has 0 aliphatic carbocycles. The summed E-state index contributed by atoms with van der Waals surface area (Å²) < 4.78 is 4.64. The number of carboxylic acid groups (broad SMARTS) is 2. The lowest BCUT2D eigenvalue weighted by molar-refractivity contribution is -0.142. The summed E-state index contributed by atoms with van der Waals surface area (Å²) in [5.74, 6) is -2.05. The number of aliphatic carboxylic acids is 2. The first-order valence-electron chi connectivity index (χ1n) is 3.99. The van der Waals surface area contributed by atoms with Crippen LogP contribution in [0, 0.1) is 0 Å². The number of rotatable bonds is 6. The lowest BCUT2D eigenvalue weighted by Crippen LogP contribution is -2.34. The number of carboxylic acids is 2. The lowest BCUT2D eigenvalue weighted by atomic mass is 10.4. The molecule has 0 aliphatic rings. The zero-order valence-electron chi connectivity index (χ0n) is 7.66. The van der Waals surface area contributed by atoms with Gasteiger partial charge in [-0.05, 0) is 0 Å². The number of nitrogens with zero attached hydrogens (tertiary/aromatic N) is 3. The van der Waals surface area contributed by atoms with E-state index in [0.717, 1.165) is 11.2 Å². The Morgan fingerprint density at radius 1 is 1.33 bits per heavy atom. The highest BCUT2D eigenvalue weighted by atomic mass is 16.5. The third kappa shape index (κ3) is 4.18. The van der Waals surface area contributed by atoms with E-state index < -0.39 is 25.0 Å². The monoisotopic (exact) mass is 215 g/mol. The van der Waals surface area contributed by atoms with E-state index in [0.29, 0.717) is 0 Å². The van der Waals surface area contributed by atoms with Gasteiger partial charge >= 0.3 is 11.9 Å². The molecule has 15 heavy (non-hydrogen) atoms. The second-order valence-corrected chi connectivity index (χ2v) is 2.77. The van der Waals surface area contributed by atoms with E-state index in [4.69, 9.17) is 10.2 Å². The van der Waals surface area contributed by atoms with Gasteiger partial charge in [0.15, 0.2) is 6.33 Å². The molecule has 2 N–H and O–H groups in total. The molecule has 0 aliphatic heterocycles. The van der Waals surface area contributed by atoms with Crippen LogP contribution in [0.1, 0.15) is 5.89 Å². The van der Waals surface area contributed by atoms with Crippen molar-refractivity contribution in [2.24, 2.45) is 0 Å². The molecule has 0 unspecified atom stereocenters. The van der Waals surface area contributed by atoms with Crippen molar-refractivity contribution in [3.8, 4) is 0 Å². The maximum atomic E-state index is 10.4. The van der Waals surface area contributed by atoms with Crippen molar-refractivity contribution in [3.63, 3.8) is 0 Å². The zero-order valence-corrected chi connectivity index (χ0v) is 7.66. The second-order valence-electron chi connectivity index (χ2n) is 2.77. The van der Waals surface area contributed by atoms with Crippen molar-refractivity contribution >= 4 is 11.9 Å². The number of hydrogen-bond acceptors (Lipinski definition) is 6. The highest BCUT2D eigenvalue weighted by Gasteiger charge is 2.15. The Hall–Kier alpha value is -1.96. The van der Waals surface area contributed by atoms with Crippen LogP contribution in [-0.4, -0.2) is 50.3 Å². The molecule has 1 aromatic rings. The quantitative estimate of drug-likeness (QED) is 0.623. The Morgan fingerprint density at radius 3 is 2.33 bits per heavy atom. The van der Waals surface area contributed by atoms with Gasteiger partial charge in [-0.1, -0.05) is 5.16 Å². The predicted molar refractivity (Wildman–Crippen MR) is 44.8 cm³/mol. The number of carbonyl (C=O) groups is 2. The third-order valence-electron chi connectivity index (χ3n) is 1.48. The fraction of sp³-hybridized carbons (Fsp3) is 0.429. The third-order valence-corrected chi connectivity index (χ3v) is 1.48. The standard InChI is InChI=1S/C7H9N3O5/c11-6(12)2-10(3-7(13)14)1-5-8-4-9-15-5/h4H,1-3H2,(H,11,12)(H,13,14). The summed E-state index contributed by atoms with van der Waals surface area (Å²) in [6, 6.07) is 0. The summed E-state index contributed by atoms with van der Waals surface area (Å²) in [7, 11) is 0. The Bertz CT molecular complexity index is 320. The first kappa shape index (κ1) is 11.1. The van der Waals surface area contributed by atoms with E-state index in [1.54, 1.807) is 0 Å². The van der Waals surface area contributed by atoms with Crippen molar-refractivity contribution in [2.75, 3.05) is 13.1 Å². The van der Waals surface area contributed by atoms with Gasteiger partial charge in [0.1, 0.15) is 0 Å². The molecule has 0 atom stereocenters. The molecule has 0 amide bonds. The molecule has 0 spiro atoms. The van der Waals surface area contributed by atoms with Crippen LogP contribution in [0.2, 0.25) is 0 Å². The maximum absolute atomic E-state index is 10.4. The molecule has 1 aromatic heterocycles. The van der Waals surface area contributed by atoms with Gasteiger partial charge in [0, 0.05) is 0 Å². The molecule has 0 saturated heterocycles. The molecular weight excluding hydrogens is 206 g/mol. The zero-order chi connectivity index (χ0) is 11.3. The molecule has 8 nitrogen and oxygen atoms in total. The average Bonchev–Trinajstić information content (AvgIpc) is 2.53. The number of hydrogen-bond donors (Lipinski definition) is 2. The van der Waals surface area contributed by atoms with E-state index in [9.17, 15) is 9.59 Å². The molecule has 1 heterocycles. The minimum Gasteiger partial charge on any atom is -0.480 e. The first-order chi connectivity index (χ1) is 7.08. The van der Waals surface area contributed by atoms with Gasteiger partial charge in [-0.15, -0.1) is 0 Å². The summed E-state index contributed by atoms with van der Waals surface area (Å²) in [6.45, 7) is -0.790. The molecule has 0 fully saturated rings. The molecule has 0 radical (unpaired) electrons. The fourth-order valence-corrected chi connectivity index (χ4v) is 1.01. The van der Waals surface area contributed by atoms with Gasteiger partial charge in [0.05, 0.1) is 19.6 Å². The van der Waals surface area contributed by atoms with Crippen molar-refractivity contribution in [1.82, 2.24) is 15.0 Å². The van der Waals surface area contributed by atoms with Crippen molar-refractivity contribution in [1.29, 1.82) is 0 Å². The van der Waals surface area contributed by atoms with Crippen LogP contribution in [0.3, 0.4) is 0 Å². The minimum absolute atomic E-state index is 0.00139. The first-order valence-corrected chi connectivity index (χ1v) is 3.99. The van der Waals surface area contributed by atoms with Crippen molar-refractivity contribution in [3.05, 3.63) is 12.2 Å². The van der Waals surface area contributed by atoms with E-state index in [2.05, 4.69) is 14.7 Å². The van der Waals surface area contributed by atoms with Gasteiger partial charge < -0.3 is 14.7 Å². The largest absolute Gasteiger partial charge is 0.480 e. The molecule has 82 valence electrons. The fourth-order valence-electron chi connectivity index (χ4n) is 1.01. The summed E-state index contributed by atoms with van der Waals surface area (Å²) in [6.07, 6.45) is 1.16. The molecule has 0 bridgehead atoms. The smallest absolute Gasteiger partial charge is 0.317 e. The summed E-state index contributed by atoms with van der Waals surface area (Å²) in [5, 5.41) is 20.4. The van der Waals surface area contributed by atoms with E-state index in [-0.39, 0.29) is 12.4 Å². The summed E-state index contributed by atoms with van der Waals surface area (Å²) in [5.41, 5.74) is 0. The van der Waals surface area contributed by atoms with Crippen LogP contribution >= 0.6 is 0 Å². The Kier molecular flexibility index (Phi) is 3.75. The Labute approximate surface area is 84.1 Å². The van der Waals surface area contributed by atoms with E-state index >= 15 is 0 Å². The average molecular weight is 215 g/mol. The topological polar surface area (TPSA) is 117 Å². The molecular formula is C7H9N3O5. The molecule has 1 rings (SSSR count). The second kappa shape index (κ2) is 5.05. The predicted octanol–water partition coefficient (Wildman–Crippen LogP) is -0.959. The normalized spacial score (nSPS) is 10.5. The van der Waals surface area contributed by atoms with Crippen LogP contribution < -0.4 is 0 Å². The van der Waals surface area contributed by atoms with Gasteiger partial charge in [-0.2, -0.15) is 4.98 Å². The van der Waals surface area contributed by atoms with Gasteiger partial charge in [-0.3, -0.25) is 14.5 Å². The van der Waals surface area contributed by atoms with Crippen LogP contribution in [0.25, 0.3) is 0 Å². The highest BCUT2D eigenvalue weighted by molar-refractivity contribution is 5.72. The maximum Gasteiger partial charge on any atom is 0.317 e. The van der Waals surface area contributed by atoms with Crippen LogP contribution in [0.4, 0.5) is 0 Å². The SMILES string of the molecule is O=C(O)CN(CC(=O)O)Cc1ncno1. The summed E-state index contributed by atoms with van der Waals surface area (Å²) >= 11 is 0.